The molecule has 0 spiro atoms. The van der Waals surface area contributed by atoms with Gasteiger partial charge in [-0.3, -0.25) is 0 Å². The number of aryl methyl sites for hydroxylation is 3. The van der Waals surface area contributed by atoms with Crippen molar-refractivity contribution < 1.29 is 22.1 Å². The molecule has 0 amide bonds. The molecule has 1 unspecified atom stereocenters. The zero-order valence-electron chi connectivity index (χ0n) is 19.6. The molecule has 0 saturated heterocycles. The van der Waals surface area contributed by atoms with Gasteiger partial charge in [-0.15, -0.1) is 0 Å². The van der Waals surface area contributed by atoms with Gasteiger partial charge in [-0.1, -0.05) is 69.2 Å². The van der Waals surface area contributed by atoms with Gasteiger partial charge in [0.05, 0.1) is 24.7 Å². The summed E-state index contributed by atoms with van der Waals surface area (Å²) in [6.45, 7) is 6.29. The summed E-state index contributed by atoms with van der Waals surface area (Å²) >= 11 is -0.556. The van der Waals surface area contributed by atoms with Gasteiger partial charge in [-0.05, 0) is 78.7 Å². The Labute approximate surface area is 223 Å². The number of rotatable bonds is 6. The Kier molecular flexibility index (Phi) is 11.1. The molecule has 0 aromatic heterocycles. The monoisotopic (exact) mass is 561 g/mol. The molecule has 0 aliphatic carbocycles. The average molecular weight is 562 g/mol. The Morgan fingerprint density at radius 2 is 1.32 bits per heavy atom. The Morgan fingerprint density at radius 3 is 1.88 bits per heavy atom. The first-order valence-corrected chi connectivity index (χ1v) is 18.0. The molecule has 0 aliphatic heterocycles. The normalized spacial score (nSPS) is 10.9. The third-order valence-corrected chi connectivity index (χ3v) is 10.1. The van der Waals surface area contributed by atoms with Crippen molar-refractivity contribution in [3.8, 4) is 5.75 Å². The molecule has 0 aliphatic rings. The molecule has 4 aromatic rings. The predicted molar refractivity (Wildman–Crippen MR) is 152 cm³/mol. The standard InChI is InChI=1S/C28H28OP2.2ClH.Ti/c1-20-17-22(3)27(29)26(18-20)30-28-21(2)11-10-12-23(28)19-31(24-13-6-4-7-14-24)25-15-8-5-9-16-25;;;/h4-18,29-30H,19H2,1-3H3;2*1H;/q;;;+2/p-1. The fourth-order valence-corrected chi connectivity index (χ4v) is 8.37. The first kappa shape index (κ1) is 27.4. The van der Waals surface area contributed by atoms with Gasteiger partial charge < -0.3 is 5.11 Å². The molecule has 4 aromatic carbocycles. The number of hydrogen-bond donors (Lipinski definition) is 1. The van der Waals surface area contributed by atoms with E-state index in [4.69, 9.17) is 18.6 Å². The van der Waals surface area contributed by atoms with Crippen LogP contribution in [-0.4, -0.2) is 5.11 Å². The van der Waals surface area contributed by atoms with E-state index in [9.17, 15) is 5.11 Å². The second kappa shape index (κ2) is 13.8. The molecule has 0 bridgehead atoms. The van der Waals surface area contributed by atoms with Crippen LogP contribution < -0.4 is 21.2 Å². The van der Waals surface area contributed by atoms with Crippen molar-refractivity contribution in [3.63, 3.8) is 0 Å². The fraction of sp³-hybridized carbons (Fsp3) is 0.143. The van der Waals surface area contributed by atoms with E-state index in [2.05, 4.69) is 98.8 Å². The molecule has 0 radical (unpaired) electrons. The molecule has 174 valence electrons. The Balaban J connectivity index is 0.00000103. The zero-order chi connectivity index (χ0) is 24.5. The summed E-state index contributed by atoms with van der Waals surface area (Å²) in [5.41, 5.74) is 4.86. The van der Waals surface area contributed by atoms with Crippen LogP contribution in [0.2, 0.25) is 0 Å². The Hall–Kier alpha value is -1.17. The Bertz CT molecular complexity index is 1160. The van der Waals surface area contributed by atoms with E-state index in [1.165, 1.54) is 32.6 Å². The fourth-order valence-electron chi connectivity index (χ4n) is 4.08. The van der Waals surface area contributed by atoms with Crippen LogP contribution in [0, 0.1) is 20.8 Å². The predicted octanol–water partition coefficient (Wildman–Crippen LogP) is 6.69. The van der Waals surface area contributed by atoms with Crippen molar-refractivity contribution in [2.45, 2.75) is 26.9 Å². The summed E-state index contributed by atoms with van der Waals surface area (Å²) in [6, 6.07) is 32.7. The minimum absolute atomic E-state index is 0.440. The van der Waals surface area contributed by atoms with Crippen LogP contribution in [0.5, 0.6) is 5.75 Å². The summed E-state index contributed by atoms with van der Waals surface area (Å²) in [4.78, 5) is 0. The van der Waals surface area contributed by atoms with Crippen molar-refractivity contribution in [1.29, 1.82) is 0 Å². The van der Waals surface area contributed by atoms with Crippen LogP contribution in [0.3, 0.4) is 0 Å². The topological polar surface area (TPSA) is 20.2 Å². The first-order valence-electron chi connectivity index (χ1n) is 11.0. The maximum atomic E-state index is 10.7. The average Bonchev–Trinajstić information content (AvgIpc) is 2.84. The van der Waals surface area contributed by atoms with Crippen molar-refractivity contribution in [2.75, 3.05) is 0 Å². The van der Waals surface area contributed by atoms with Gasteiger partial charge in [0.2, 0.25) is 0 Å². The van der Waals surface area contributed by atoms with Crippen molar-refractivity contribution >= 4 is 56.3 Å². The summed E-state index contributed by atoms with van der Waals surface area (Å²) in [5.74, 6) is 0.440. The summed E-state index contributed by atoms with van der Waals surface area (Å²) in [5, 5.41) is 16.0. The van der Waals surface area contributed by atoms with E-state index in [0.717, 1.165) is 17.0 Å². The third-order valence-electron chi connectivity index (χ3n) is 5.68. The minimum atomic E-state index is -0.966. The van der Waals surface area contributed by atoms with Gasteiger partial charge in [-0.2, -0.15) is 0 Å². The molecule has 0 fully saturated rings. The third kappa shape index (κ3) is 7.42. The summed E-state index contributed by atoms with van der Waals surface area (Å²) in [7, 11) is 9.26. The van der Waals surface area contributed by atoms with E-state index >= 15 is 0 Å². The van der Waals surface area contributed by atoms with Crippen LogP contribution in [0.15, 0.2) is 91.0 Å². The van der Waals surface area contributed by atoms with Crippen LogP contribution in [0.4, 0.5) is 0 Å². The quantitative estimate of drug-likeness (QED) is 0.205. The molecule has 4 rings (SSSR count). The second-order valence-corrected chi connectivity index (χ2v) is 14.5. The van der Waals surface area contributed by atoms with Crippen LogP contribution in [-0.2, 0) is 23.2 Å². The van der Waals surface area contributed by atoms with Gasteiger partial charge >= 0.3 is 35.6 Å². The molecule has 1 atom stereocenters. The van der Waals surface area contributed by atoms with Gasteiger partial charge in [0.1, 0.15) is 5.75 Å². The van der Waals surface area contributed by atoms with Gasteiger partial charge in [0.15, 0.2) is 0 Å². The van der Waals surface area contributed by atoms with E-state index in [0.29, 0.717) is 14.3 Å². The van der Waals surface area contributed by atoms with E-state index in [-0.39, 0.29) is 0 Å². The maximum absolute atomic E-state index is 10.7. The summed E-state index contributed by atoms with van der Waals surface area (Å²) < 4.78 is 0. The molecule has 0 heterocycles. The molecular weight excluding hydrogens is 533 g/mol. The zero-order valence-corrected chi connectivity index (χ0v) is 24.6. The molecule has 34 heavy (non-hydrogen) atoms. The second-order valence-electron chi connectivity index (χ2n) is 8.17. The van der Waals surface area contributed by atoms with Crippen LogP contribution in [0.1, 0.15) is 22.3 Å². The number of aromatic hydroxyl groups is 1. The number of phenolic OH excluding ortho intramolecular Hbond substituents is 1. The van der Waals surface area contributed by atoms with Crippen LogP contribution in [0.25, 0.3) is 0 Å². The number of halogens is 2. The Morgan fingerprint density at radius 1 is 0.765 bits per heavy atom. The van der Waals surface area contributed by atoms with Crippen molar-refractivity contribution in [3.05, 3.63) is 113 Å². The van der Waals surface area contributed by atoms with Crippen LogP contribution >= 0.6 is 35.1 Å². The molecule has 1 N–H and O–H groups in total. The molecular formula is C28H29Cl2OP2Ti+. The van der Waals surface area contributed by atoms with E-state index < -0.39 is 25.0 Å². The van der Waals surface area contributed by atoms with E-state index in [1.54, 1.807) is 0 Å². The first-order chi connectivity index (χ1) is 16.4. The number of benzene rings is 4. The van der Waals surface area contributed by atoms with Gasteiger partial charge in [0, 0.05) is 5.30 Å². The van der Waals surface area contributed by atoms with E-state index in [1.807, 2.05) is 13.0 Å². The summed E-state index contributed by atoms with van der Waals surface area (Å²) in [6.07, 6.45) is 1.04. The van der Waals surface area contributed by atoms with Gasteiger partial charge in [-0.25, -0.2) is 0 Å². The number of hydrogen-bond acceptors (Lipinski definition) is 1. The molecule has 0 saturated carbocycles. The van der Waals surface area contributed by atoms with Gasteiger partial charge in [0.25, 0.3) is 0 Å². The van der Waals surface area contributed by atoms with Crippen molar-refractivity contribution in [2.24, 2.45) is 0 Å². The molecule has 6 heteroatoms. The molecule has 1 nitrogen and oxygen atoms in total. The number of phenols is 1. The SMILES string of the molecule is Cc1cc(C)c(O)c(Pc2c(C)cccc2C[PH+](c2ccccc2)c2ccccc2)c1.[Cl][Ti][Cl]. The van der Waals surface area contributed by atoms with Crippen molar-refractivity contribution in [1.82, 2.24) is 0 Å².